The first kappa shape index (κ1) is 9.99. The van der Waals surface area contributed by atoms with Gasteiger partial charge in [-0.3, -0.25) is 0 Å². The Morgan fingerprint density at radius 2 is 2.08 bits per heavy atom. The summed E-state index contributed by atoms with van der Waals surface area (Å²) >= 11 is 0. The van der Waals surface area contributed by atoms with E-state index in [1.165, 1.54) is 6.07 Å². The van der Waals surface area contributed by atoms with Crippen LogP contribution in [0.5, 0.6) is 5.75 Å². The summed E-state index contributed by atoms with van der Waals surface area (Å²) in [5, 5.41) is 12.4. The molecule has 0 saturated carbocycles. The van der Waals surface area contributed by atoms with Gasteiger partial charge in [-0.2, -0.15) is 0 Å². The van der Waals surface area contributed by atoms with Gasteiger partial charge in [-0.15, -0.1) is 0 Å². The molecule has 0 aliphatic rings. The minimum atomic E-state index is -0.567. The number of hydrogen-bond donors (Lipinski definition) is 2. The van der Waals surface area contributed by atoms with Gasteiger partial charge in [-0.25, -0.2) is 4.39 Å². The fourth-order valence-electron chi connectivity index (χ4n) is 1.37. The summed E-state index contributed by atoms with van der Waals surface area (Å²) in [5.41, 5.74) is 1.52. The molecular formula is C10H14FNO. The zero-order valence-corrected chi connectivity index (χ0v) is 8.06. The molecule has 0 bridgehead atoms. The Kier molecular flexibility index (Phi) is 2.88. The van der Waals surface area contributed by atoms with Gasteiger partial charge in [0.05, 0.1) is 0 Å². The van der Waals surface area contributed by atoms with Crippen molar-refractivity contribution < 1.29 is 9.50 Å². The summed E-state index contributed by atoms with van der Waals surface area (Å²) < 4.78 is 13.0. The number of rotatable bonds is 2. The predicted octanol–water partition coefficient (Wildman–Crippen LogP) is 2.12. The standard InChI is InChI=1S/C10H14FNO/c1-6-4-5-8(11)10(13)9(6)7(2)12-3/h4-5,7,12-13H,1-3H3. The minimum absolute atomic E-state index is 0.0456. The molecule has 1 aromatic carbocycles. The summed E-state index contributed by atoms with van der Waals surface area (Å²) in [6, 6.07) is 2.89. The zero-order valence-electron chi connectivity index (χ0n) is 8.06. The maximum Gasteiger partial charge on any atom is 0.165 e. The number of benzene rings is 1. The van der Waals surface area contributed by atoms with Gasteiger partial charge < -0.3 is 10.4 Å². The molecule has 0 saturated heterocycles. The van der Waals surface area contributed by atoms with Crippen molar-refractivity contribution in [3.8, 4) is 5.75 Å². The second-order valence-electron chi connectivity index (χ2n) is 3.14. The molecule has 0 heterocycles. The van der Waals surface area contributed by atoms with Crippen molar-refractivity contribution in [1.82, 2.24) is 5.32 Å². The van der Waals surface area contributed by atoms with E-state index in [9.17, 15) is 9.50 Å². The van der Waals surface area contributed by atoms with Gasteiger partial charge in [-0.05, 0) is 32.5 Å². The summed E-state index contributed by atoms with van der Waals surface area (Å²) in [6.07, 6.45) is 0. The average molecular weight is 183 g/mol. The second-order valence-corrected chi connectivity index (χ2v) is 3.14. The molecule has 0 aliphatic heterocycles. The summed E-state index contributed by atoms with van der Waals surface area (Å²) in [5.74, 6) is -0.815. The van der Waals surface area contributed by atoms with Crippen LogP contribution in [-0.2, 0) is 0 Å². The Labute approximate surface area is 77.4 Å². The van der Waals surface area contributed by atoms with Gasteiger partial charge in [0, 0.05) is 11.6 Å². The molecule has 2 N–H and O–H groups in total. The molecule has 1 aromatic rings. The summed E-state index contributed by atoms with van der Waals surface area (Å²) in [7, 11) is 1.77. The van der Waals surface area contributed by atoms with Gasteiger partial charge in [-0.1, -0.05) is 6.07 Å². The lowest BCUT2D eigenvalue weighted by Gasteiger charge is -2.15. The SMILES string of the molecule is CNC(C)c1c(C)ccc(F)c1O. The van der Waals surface area contributed by atoms with Crippen molar-refractivity contribution in [2.45, 2.75) is 19.9 Å². The first-order chi connectivity index (χ1) is 6.07. The van der Waals surface area contributed by atoms with Crippen LogP contribution in [0.3, 0.4) is 0 Å². The Morgan fingerprint density at radius 3 is 2.62 bits per heavy atom. The van der Waals surface area contributed by atoms with E-state index in [-0.39, 0.29) is 11.8 Å². The largest absolute Gasteiger partial charge is 0.505 e. The highest BCUT2D eigenvalue weighted by atomic mass is 19.1. The Morgan fingerprint density at radius 1 is 1.46 bits per heavy atom. The van der Waals surface area contributed by atoms with Crippen molar-refractivity contribution >= 4 is 0 Å². The first-order valence-corrected chi connectivity index (χ1v) is 4.23. The Bertz CT molecular complexity index is 312. The van der Waals surface area contributed by atoms with E-state index in [0.717, 1.165) is 5.56 Å². The summed E-state index contributed by atoms with van der Waals surface area (Å²) in [6.45, 7) is 3.73. The van der Waals surface area contributed by atoms with Crippen molar-refractivity contribution in [1.29, 1.82) is 0 Å². The van der Waals surface area contributed by atoms with Crippen LogP contribution in [0.1, 0.15) is 24.1 Å². The van der Waals surface area contributed by atoms with Gasteiger partial charge in [0.25, 0.3) is 0 Å². The molecule has 3 heteroatoms. The second kappa shape index (κ2) is 3.75. The topological polar surface area (TPSA) is 32.3 Å². The van der Waals surface area contributed by atoms with Crippen LogP contribution in [0.4, 0.5) is 4.39 Å². The lowest BCUT2D eigenvalue weighted by molar-refractivity contribution is 0.417. The van der Waals surface area contributed by atoms with E-state index in [1.807, 2.05) is 13.8 Å². The highest BCUT2D eigenvalue weighted by Crippen LogP contribution is 2.29. The van der Waals surface area contributed by atoms with Gasteiger partial charge in [0.15, 0.2) is 11.6 Å². The number of nitrogens with one attached hydrogen (secondary N) is 1. The maximum absolute atomic E-state index is 13.0. The maximum atomic E-state index is 13.0. The lowest BCUT2D eigenvalue weighted by Crippen LogP contribution is -2.14. The predicted molar refractivity (Wildman–Crippen MR) is 50.3 cm³/mol. The van der Waals surface area contributed by atoms with Crippen LogP contribution in [0.15, 0.2) is 12.1 Å². The summed E-state index contributed by atoms with van der Waals surface area (Å²) in [4.78, 5) is 0. The van der Waals surface area contributed by atoms with Crippen molar-refractivity contribution in [3.05, 3.63) is 29.1 Å². The molecule has 0 amide bonds. The fraction of sp³-hybridized carbons (Fsp3) is 0.400. The third-order valence-electron chi connectivity index (χ3n) is 2.25. The molecule has 0 aromatic heterocycles. The van der Waals surface area contributed by atoms with Crippen molar-refractivity contribution in [2.24, 2.45) is 0 Å². The van der Waals surface area contributed by atoms with Gasteiger partial charge >= 0.3 is 0 Å². The van der Waals surface area contributed by atoms with Crippen LogP contribution in [-0.4, -0.2) is 12.2 Å². The molecule has 0 fully saturated rings. The molecule has 0 spiro atoms. The average Bonchev–Trinajstić information content (AvgIpc) is 2.12. The van der Waals surface area contributed by atoms with E-state index < -0.39 is 5.82 Å². The van der Waals surface area contributed by atoms with Crippen LogP contribution in [0.2, 0.25) is 0 Å². The zero-order chi connectivity index (χ0) is 10.0. The molecule has 0 radical (unpaired) electrons. The smallest absolute Gasteiger partial charge is 0.165 e. The molecule has 72 valence electrons. The highest BCUT2D eigenvalue weighted by molar-refractivity contribution is 5.41. The fourth-order valence-corrected chi connectivity index (χ4v) is 1.37. The van der Waals surface area contributed by atoms with Crippen molar-refractivity contribution in [2.75, 3.05) is 7.05 Å². The van der Waals surface area contributed by atoms with Crippen LogP contribution in [0.25, 0.3) is 0 Å². The Balaban J connectivity index is 3.25. The van der Waals surface area contributed by atoms with Crippen LogP contribution >= 0.6 is 0 Å². The molecular weight excluding hydrogens is 169 g/mol. The Hall–Kier alpha value is -1.09. The van der Waals surface area contributed by atoms with Gasteiger partial charge in [0.2, 0.25) is 0 Å². The van der Waals surface area contributed by atoms with E-state index in [4.69, 9.17) is 0 Å². The van der Waals surface area contributed by atoms with E-state index >= 15 is 0 Å². The van der Waals surface area contributed by atoms with Crippen LogP contribution in [0, 0.1) is 12.7 Å². The number of halogens is 1. The minimum Gasteiger partial charge on any atom is -0.505 e. The number of hydrogen-bond acceptors (Lipinski definition) is 2. The number of phenolic OH excluding ortho intramolecular Hbond substituents is 1. The van der Waals surface area contributed by atoms with Crippen molar-refractivity contribution in [3.63, 3.8) is 0 Å². The van der Waals surface area contributed by atoms with Crippen LogP contribution < -0.4 is 5.32 Å². The molecule has 0 aliphatic carbocycles. The third kappa shape index (κ3) is 1.80. The highest BCUT2D eigenvalue weighted by Gasteiger charge is 2.14. The molecule has 2 nitrogen and oxygen atoms in total. The molecule has 1 atom stereocenters. The first-order valence-electron chi connectivity index (χ1n) is 4.23. The lowest BCUT2D eigenvalue weighted by atomic mass is 10.0. The number of aryl methyl sites for hydroxylation is 1. The number of aromatic hydroxyl groups is 1. The molecule has 1 unspecified atom stereocenters. The van der Waals surface area contributed by atoms with Gasteiger partial charge in [0.1, 0.15) is 0 Å². The monoisotopic (exact) mass is 183 g/mol. The quantitative estimate of drug-likeness (QED) is 0.736. The third-order valence-corrected chi connectivity index (χ3v) is 2.25. The number of phenols is 1. The molecule has 1 rings (SSSR count). The molecule has 13 heavy (non-hydrogen) atoms. The van der Waals surface area contributed by atoms with E-state index in [2.05, 4.69) is 5.32 Å². The normalized spacial score (nSPS) is 12.9. The van der Waals surface area contributed by atoms with E-state index in [0.29, 0.717) is 5.56 Å². The van der Waals surface area contributed by atoms with E-state index in [1.54, 1.807) is 13.1 Å².